The monoisotopic (exact) mass is 183 g/mol. The van der Waals surface area contributed by atoms with Crippen LogP contribution in [0.25, 0.3) is 5.65 Å². The van der Waals surface area contributed by atoms with Crippen molar-refractivity contribution < 1.29 is 8.76 Å². The molecule has 0 saturated heterocycles. The Bertz CT molecular complexity index is 439. The van der Waals surface area contributed by atoms with Crippen molar-refractivity contribution in [3.05, 3.63) is 24.5 Å². The molecule has 12 heavy (non-hydrogen) atoms. The van der Waals surface area contributed by atoms with E-state index in [1.807, 2.05) is 0 Å². The highest BCUT2D eigenvalue weighted by molar-refractivity contribution is 7.79. The smallest absolute Gasteiger partial charge is 0.207 e. The fourth-order valence-electron chi connectivity index (χ4n) is 0.927. The van der Waals surface area contributed by atoms with E-state index in [1.165, 1.54) is 16.9 Å². The molecule has 1 atom stereocenters. The van der Waals surface area contributed by atoms with Gasteiger partial charge in [-0.15, -0.1) is 0 Å². The van der Waals surface area contributed by atoms with Gasteiger partial charge in [-0.1, -0.05) is 0 Å². The van der Waals surface area contributed by atoms with Gasteiger partial charge in [0.1, 0.15) is 0 Å². The van der Waals surface area contributed by atoms with Crippen LogP contribution in [0, 0.1) is 0 Å². The lowest BCUT2D eigenvalue weighted by Crippen LogP contribution is -1.97. The first-order valence-corrected chi connectivity index (χ1v) is 4.29. The van der Waals surface area contributed by atoms with Crippen LogP contribution in [0.1, 0.15) is 0 Å². The molecule has 0 saturated carbocycles. The Hall–Kier alpha value is -1.27. The summed E-state index contributed by atoms with van der Waals surface area (Å²) in [4.78, 5) is 3.89. The van der Waals surface area contributed by atoms with Gasteiger partial charge in [0.25, 0.3) is 0 Å². The summed E-state index contributed by atoms with van der Waals surface area (Å²) >= 11 is -2.03. The first kappa shape index (κ1) is 7.38. The molecule has 2 rings (SSSR count). The Kier molecular flexibility index (Phi) is 1.63. The zero-order valence-electron chi connectivity index (χ0n) is 5.91. The van der Waals surface area contributed by atoms with Gasteiger partial charge in [0.15, 0.2) is 10.7 Å². The molecule has 2 aromatic heterocycles. The second-order valence-electron chi connectivity index (χ2n) is 2.14. The molecule has 0 aliphatic heterocycles. The van der Waals surface area contributed by atoms with Crippen LogP contribution in [-0.2, 0) is 11.1 Å². The number of fused-ring (bicyclic) bond motifs is 1. The topological polar surface area (TPSA) is 67.5 Å². The molecule has 1 unspecified atom stereocenters. The SMILES string of the molecule is O=S(O)c1cnc2cccnn12. The Labute approximate surface area is 70.3 Å². The molecule has 0 aliphatic rings. The number of rotatable bonds is 1. The third-order valence-electron chi connectivity index (χ3n) is 1.43. The van der Waals surface area contributed by atoms with E-state index >= 15 is 0 Å². The van der Waals surface area contributed by atoms with Gasteiger partial charge in [-0.25, -0.2) is 13.7 Å². The summed E-state index contributed by atoms with van der Waals surface area (Å²) in [6.45, 7) is 0. The average Bonchev–Trinajstić information content (AvgIpc) is 2.47. The predicted molar refractivity (Wildman–Crippen MR) is 42.0 cm³/mol. The summed E-state index contributed by atoms with van der Waals surface area (Å²) < 4.78 is 20.8. The third-order valence-corrected chi connectivity index (χ3v) is 2.06. The molecule has 1 N–H and O–H groups in total. The minimum absolute atomic E-state index is 0.186. The van der Waals surface area contributed by atoms with Crippen molar-refractivity contribution >= 4 is 16.7 Å². The van der Waals surface area contributed by atoms with Crippen molar-refractivity contribution in [2.45, 2.75) is 5.03 Å². The van der Waals surface area contributed by atoms with E-state index < -0.39 is 11.1 Å². The average molecular weight is 183 g/mol. The zero-order chi connectivity index (χ0) is 8.55. The zero-order valence-corrected chi connectivity index (χ0v) is 6.73. The van der Waals surface area contributed by atoms with Crippen LogP contribution < -0.4 is 0 Å². The summed E-state index contributed by atoms with van der Waals surface area (Å²) in [5.74, 6) is 0. The molecule has 0 aliphatic carbocycles. The van der Waals surface area contributed by atoms with E-state index in [2.05, 4.69) is 10.1 Å². The summed E-state index contributed by atoms with van der Waals surface area (Å²) in [6.07, 6.45) is 2.86. The van der Waals surface area contributed by atoms with Gasteiger partial charge in [0.2, 0.25) is 11.1 Å². The van der Waals surface area contributed by atoms with Crippen molar-refractivity contribution in [1.29, 1.82) is 0 Å². The molecule has 6 heteroatoms. The van der Waals surface area contributed by atoms with Crippen molar-refractivity contribution in [3.63, 3.8) is 0 Å². The molecule has 0 fully saturated rings. The maximum Gasteiger partial charge on any atom is 0.207 e. The van der Waals surface area contributed by atoms with Gasteiger partial charge >= 0.3 is 0 Å². The standard InChI is InChI=1S/C6H5N3O2S/c10-12(11)6-4-7-5-2-1-3-8-9(5)6/h1-4H,(H,10,11). The number of hydrogen-bond acceptors (Lipinski definition) is 3. The minimum atomic E-state index is -2.03. The number of nitrogens with zero attached hydrogens (tertiary/aromatic N) is 3. The minimum Gasteiger partial charge on any atom is -0.301 e. The highest BCUT2D eigenvalue weighted by Gasteiger charge is 2.07. The van der Waals surface area contributed by atoms with Gasteiger partial charge in [0, 0.05) is 6.20 Å². The van der Waals surface area contributed by atoms with Crippen LogP contribution in [0.3, 0.4) is 0 Å². The molecule has 5 nitrogen and oxygen atoms in total. The van der Waals surface area contributed by atoms with Crippen LogP contribution in [0.4, 0.5) is 0 Å². The molecule has 2 aromatic rings. The first-order valence-electron chi connectivity index (χ1n) is 3.18. The molecule has 0 aromatic carbocycles. The Morgan fingerprint density at radius 1 is 1.58 bits per heavy atom. The number of hydrogen-bond donors (Lipinski definition) is 1. The first-order chi connectivity index (χ1) is 5.79. The lowest BCUT2D eigenvalue weighted by Gasteiger charge is -1.92. The van der Waals surface area contributed by atoms with Crippen LogP contribution >= 0.6 is 0 Å². The molecule has 0 spiro atoms. The van der Waals surface area contributed by atoms with E-state index in [9.17, 15) is 4.21 Å². The molecule has 2 heterocycles. The highest BCUT2D eigenvalue weighted by atomic mass is 32.2. The Morgan fingerprint density at radius 2 is 2.42 bits per heavy atom. The molecule has 62 valence electrons. The van der Waals surface area contributed by atoms with Gasteiger partial charge in [-0.05, 0) is 12.1 Å². The normalized spacial score (nSPS) is 13.4. The summed E-state index contributed by atoms with van der Waals surface area (Å²) in [6, 6.07) is 3.43. The summed E-state index contributed by atoms with van der Waals surface area (Å²) in [5.41, 5.74) is 0.565. The number of aromatic nitrogens is 3. The van der Waals surface area contributed by atoms with Crippen LogP contribution in [0.2, 0.25) is 0 Å². The van der Waals surface area contributed by atoms with Crippen molar-refractivity contribution in [3.8, 4) is 0 Å². The van der Waals surface area contributed by atoms with Gasteiger partial charge in [0.05, 0.1) is 6.20 Å². The van der Waals surface area contributed by atoms with Crippen molar-refractivity contribution in [2.75, 3.05) is 0 Å². The van der Waals surface area contributed by atoms with Gasteiger partial charge in [-0.2, -0.15) is 5.10 Å². The van der Waals surface area contributed by atoms with E-state index in [-0.39, 0.29) is 5.03 Å². The van der Waals surface area contributed by atoms with E-state index in [0.29, 0.717) is 5.65 Å². The molecular weight excluding hydrogens is 178 g/mol. The van der Waals surface area contributed by atoms with E-state index in [1.54, 1.807) is 12.1 Å². The maximum atomic E-state index is 10.7. The van der Waals surface area contributed by atoms with Gasteiger partial charge in [-0.3, -0.25) is 0 Å². The van der Waals surface area contributed by atoms with Gasteiger partial charge < -0.3 is 4.55 Å². The molecule has 0 amide bonds. The predicted octanol–water partition coefficient (Wildman–Crippen LogP) is 0.310. The number of imidazole rings is 1. The van der Waals surface area contributed by atoms with Crippen LogP contribution in [0.15, 0.2) is 29.6 Å². The van der Waals surface area contributed by atoms with E-state index in [4.69, 9.17) is 4.55 Å². The lowest BCUT2D eigenvalue weighted by atomic mass is 10.6. The summed E-state index contributed by atoms with van der Waals surface area (Å²) in [5, 5.41) is 4.05. The Balaban J connectivity index is 2.79. The molecule has 0 bridgehead atoms. The molecule has 0 radical (unpaired) electrons. The quantitative estimate of drug-likeness (QED) is 0.646. The molecular formula is C6H5N3O2S. The fourth-order valence-corrected chi connectivity index (χ4v) is 1.36. The highest BCUT2D eigenvalue weighted by Crippen LogP contribution is 2.05. The second kappa shape index (κ2) is 2.65. The van der Waals surface area contributed by atoms with Crippen molar-refractivity contribution in [1.82, 2.24) is 14.6 Å². The van der Waals surface area contributed by atoms with Crippen molar-refractivity contribution in [2.24, 2.45) is 0 Å². The van der Waals surface area contributed by atoms with Crippen LogP contribution in [-0.4, -0.2) is 23.4 Å². The maximum absolute atomic E-state index is 10.7. The second-order valence-corrected chi connectivity index (χ2v) is 3.06. The Morgan fingerprint density at radius 3 is 3.17 bits per heavy atom. The van der Waals surface area contributed by atoms with Crippen LogP contribution in [0.5, 0.6) is 0 Å². The third kappa shape index (κ3) is 1.01. The van der Waals surface area contributed by atoms with E-state index in [0.717, 1.165) is 0 Å². The summed E-state index contributed by atoms with van der Waals surface area (Å²) in [7, 11) is 0. The fraction of sp³-hybridized carbons (Fsp3) is 0. The lowest BCUT2D eigenvalue weighted by molar-refractivity contribution is 0.556. The largest absolute Gasteiger partial charge is 0.301 e.